The molecule has 0 saturated carbocycles. The van der Waals surface area contributed by atoms with Crippen LogP contribution in [-0.4, -0.2) is 23.1 Å². The summed E-state index contributed by atoms with van der Waals surface area (Å²) >= 11 is 0. The van der Waals surface area contributed by atoms with Crippen LogP contribution in [0.4, 0.5) is 0 Å². The highest BCUT2D eigenvalue weighted by Gasteiger charge is 2.10. The fourth-order valence-corrected chi connectivity index (χ4v) is 1.40. The summed E-state index contributed by atoms with van der Waals surface area (Å²) in [6.07, 6.45) is 5.58. The molecule has 1 N–H and O–H groups in total. The SMILES string of the molecule is CCCNCc1cncc(OCCC(C)(C)C)n1. The monoisotopic (exact) mass is 251 g/mol. The van der Waals surface area contributed by atoms with E-state index in [1.807, 2.05) is 0 Å². The van der Waals surface area contributed by atoms with E-state index < -0.39 is 0 Å². The fraction of sp³-hybridized carbons (Fsp3) is 0.714. The highest BCUT2D eigenvalue weighted by molar-refractivity contribution is 5.08. The number of rotatable bonds is 7. The third-order valence-corrected chi connectivity index (χ3v) is 2.50. The summed E-state index contributed by atoms with van der Waals surface area (Å²) in [5, 5.41) is 3.30. The van der Waals surface area contributed by atoms with Crippen molar-refractivity contribution in [1.82, 2.24) is 15.3 Å². The molecule has 1 heterocycles. The van der Waals surface area contributed by atoms with E-state index >= 15 is 0 Å². The summed E-state index contributed by atoms with van der Waals surface area (Å²) in [6, 6.07) is 0. The van der Waals surface area contributed by atoms with Gasteiger partial charge in [0, 0.05) is 12.7 Å². The van der Waals surface area contributed by atoms with Gasteiger partial charge in [0.25, 0.3) is 0 Å². The molecule has 0 spiro atoms. The van der Waals surface area contributed by atoms with Crippen molar-refractivity contribution < 1.29 is 4.74 Å². The largest absolute Gasteiger partial charge is 0.477 e. The number of ether oxygens (including phenoxy) is 1. The molecule has 1 rings (SSSR count). The number of aromatic nitrogens is 2. The maximum atomic E-state index is 5.63. The van der Waals surface area contributed by atoms with Crippen molar-refractivity contribution in [3.05, 3.63) is 18.1 Å². The third-order valence-electron chi connectivity index (χ3n) is 2.50. The standard InChI is InChI=1S/C14H25N3O/c1-5-7-15-9-12-10-16-11-13(17-12)18-8-6-14(2,3)4/h10-11,15H,5-9H2,1-4H3. The summed E-state index contributed by atoms with van der Waals surface area (Å²) in [6.45, 7) is 11.2. The first-order valence-electron chi connectivity index (χ1n) is 6.66. The van der Waals surface area contributed by atoms with Crippen molar-refractivity contribution in [2.45, 2.75) is 47.1 Å². The van der Waals surface area contributed by atoms with Crippen LogP contribution in [0.3, 0.4) is 0 Å². The van der Waals surface area contributed by atoms with Crippen molar-refractivity contribution >= 4 is 0 Å². The molecule has 0 atom stereocenters. The zero-order valence-electron chi connectivity index (χ0n) is 12.0. The molecule has 0 aliphatic carbocycles. The minimum absolute atomic E-state index is 0.285. The van der Waals surface area contributed by atoms with E-state index in [1.165, 1.54) is 0 Å². The molecular formula is C14H25N3O. The van der Waals surface area contributed by atoms with Crippen LogP contribution in [0.25, 0.3) is 0 Å². The van der Waals surface area contributed by atoms with E-state index in [1.54, 1.807) is 12.4 Å². The second-order valence-corrected chi connectivity index (χ2v) is 5.68. The molecule has 0 aliphatic heterocycles. The van der Waals surface area contributed by atoms with E-state index in [0.717, 1.165) is 31.6 Å². The van der Waals surface area contributed by atoms with E-state index in [2.05, 4.69) is 43.0 Å². The highest BCUT2D eigenvalue weighted by atomic mass is 16.5. The number of nitrogens with one attached hydrogen (secondary N) is 1. The fourth-order valence-electron chi connectivity index (χ4n) is 1.40. The van der Waals surface area contributed by atoms with Crippen LogP contribution in [0.1, 0.15) is 46.2 Å². The van der Waals surface area contributed by atoms with Crippen molar-refractivity contribution in [2.24, 2.45) is 5.41 Å². The molecule has 18 heavy (non-hydrogen) atoms. The van der Waals surface area contributed by atoms with E-state index in [9.17, 15) is 0 Å². The molecule has 0 fully saturated rings. The second kappa shape index (κ2) is 7.31. The molecule has 4 heteroatoms. The quantitative estimate of drug-likeness (QED) is 0.757. The lowest BCUT2D eigenvalue weighted by Crippen LogP contribution is -2.16. The lowest BCUT2D eigenvalue weighted by molar-refractivity contribution is 0.235. The topological polar surface area (TPSA) is 47.0 Å². The molecule has 0 amide bonds. The third kappa shape index (κ3) is 6.55. The maximum absolute atomic E-state index is 5.63. The minimum atomic E-state index is 0.285. The Hall–Kier alpha value is -1.16. The van der Waals surface area contributed by atoms with Gasteiger partial charge in [0.1, 0.15) is 0 Å². The van der Waals surface area contributed by atoms with Gasteiger partial charge in [0.05, 0.1) is 18.5 Å². The van der Waals surface area contributed by atoms with Crippen molar-refractivity contribution in [3.8, 4) is 5.88 Å². The van der Waals surface area contributed by atoms with Gasteiger partial charge in [0.2, 0.25) is 5.88 Å². The van der Waals surface area contributed by atoms with Crippen molar-refractivity contribution in [1.29, 1.82) is 0 Å². The average Bonchev–Trinajstić information content (AvgIpc) is 2.28. The van der Waals surface area contributed by atoms with Crippen LogP contribution in [0.5, 0.6) is 5.88 Å². The molecule has 0 aromatic carbocycles. The molecule has 0 aliphatic rings. The number of nitrogens with zero attached hydrogens (tertiary/aromatic N) is 2. The van der Waals surface area contributed by atoms with Gasteiger partial charge in [-0.05, 0) is 24.8 Å². The normalized spacial score (nSPS) is 11.6. The van der Waals surface area contributed by atoms with Crippen LogP contribution < -0.4 is 10.1 Å². The van der Waals surface area contributed by atoms with E-state index in [-0.39, 0.29) is 5.41 Å². The van der Waals surface area contributed by atoms with Gasteiger partial charge in [-0.25, -0.2) is 4.98 Å². The highest BCUT2D eigenvalue weighted by Crippen LogP contribution is 2.18. The van der Waals surface area contributed by atoms with Gasteiger partial charge in [0.15, 0.2) is 0 Å². The van der Waals surface area contributed by atoms with Gasteiger partial charge in [-0.15, -0.1) is 0 Å². The van der Waals surface area contributed by atoms with Crippen LogP contribution >= 0.6 is 0 Å². The van der Waals surface area contributed by atoms with E-state index in [4.69, 9.17) is 4.74 Å². The lowest BCUT2D eigenvalue weighted by atomic mass is 9.93. The first-order valence-corrected chi connectivity index (χ1v) is 6.66. The van der Waals surface area contributed by atoms with Crippen LogP contribution in [0.15, 0.2) is 12.4 Å². The zero-order valence-corrected chi connectivity index (χ0v) is 12.0. The molecule has 1 aromatic heterocycles. The summed E-state index contributed by atoms with van der Waals surface area (Å²) < 4.78 is 5.63. The molecule has 1 aromatic rings. The Labute approximate surface area is 110 Å². The van der Waals surface area contributed by atoms with Crippen LogP contribution in [0.2, 0.25) is 0 Å². The Morgan fingerprint density at radius 1 is 1.28 bits per heavy atom. The summed E-state index contributed by atoms with van der Waals surface area (Å²) in [4.78, 5) is 8.57. The maximum Gasteiger partial charge on any atom is 0.232 e. The molecule has 0 bridgehead atoms. The van der Waals surface area contributed by atoms with Gasteiger partial charge < -0.3 is 10.1 Å². The molecule has 4 nitrogen and oxygen atoms in total. The molecule has 0 radical (unpaired) electrons. The van der Waals surface area contributed by atoms with Crippen molar-refractivity contribution in [2.75, 3.05) is 13.2 Å². The minimum Gasteiger partial charge on any atom is -0.477 e. The van der Waals surface area contributed by atoms with Gasteiger partial charge >= 0.3 is 0 Å². The summed E-state index contributed by atoms with van der Waals surface area (Å²) in [5.41, 5.74) is 1.21. The summed E-state index contributed by atoms with van der Waals surface area (Å²) in [5.74, 6) is 0.620. The molecular weight excluding hydrogens is 226 g/mol. The van der Waals surface area contributed by atoms with Gasteiger partial charge in [-0.3, -0.25) is 4.98 Å². The van der Waals surface area contributed by atoms with E-state index in [0.29, 0.717) is 12.5 Å². The number of hydrogen-bond donors (Lipinski definition) is 1. The Kier molecular flexibility index (Phi) is 6.05. The Morgan fingerprint density at radius 2 is 2.06 bits per heavy atom. The second-order valence-electron chi connectivity index (χ2n) is 5.68. The predicted molar refractivity (Wildman–Crippen MR) is 73.6 cm³/mol. The van der Waals surface area contributed by atoms with Gasteiger partial charge in [-0.2, -0.15) is 0 Å². The lowest BCUT2D eigenvalue weighted by Gasteiger charge is -2.17. The molecule has 0 unspecified atom stereocenters. The number of hydrogen-bond acceptors (Lipinski definition) is 4. The zero-order chi connectivity index (χ0) is 13.4. The smallest absolute Gasteiger partial charge is 0.232 e. The first kappa shape index (κ1) is 14.9. The summed E-state index contributed by atoms with van der Waals surface area (Å²) in [7, 11) is 0. The Bertz CT molecular complexity index is 347. The first-order chi connectivity index (χ1) is 8.51. The molecule has 0 saturated heterocycles. The van der Waals surface area contributed by atoms with Crippen LogP contribution in [-0.2, 0) is 6.54 Å². The predicted octanol–water partition coefficient (Wildman–Crippen LogP) is 2.79. The van der Waals surface area contributed by atoms with Crippen LogP contribution in [0, 0.1) is 5.41 Å². The van der Waals surface area contributed by atoms with Gasteiger partial charge in [-0.1, -0.05) is 27.7 Å². The Morgan fingerprint density at radius 3 is 2.72 bits per heavy atom. The molecule has 102 valence electrons. The Balaban J connectivity index is 2.39. The van der Waals surface area contributed by atoms with Crippen molar-refractivity contribution in [3.63, 3.8) is 0 Å². The average molecular weight is 251 g/mol.